The highest BCUT2D eigenvalue weighted by Crippen LogP contribution is 2.38. The van der Waals surface area contributed by atoms with Gasteiger partial charge >= 0.3 is 0 Å². The average Bonchev–Trinajstić information content (AvgIpc) is 2.63. The molecule has 1 fully saturated rings. The molecule has 3 aromatic rings. The van der Waals surface area contributed by atoms with Crippen LogP contribution in [-0.2, 0) is 11.2 Å². The molecule has 138 valence electrons. The number of benzene rings is 2. The summed E-state index contributed by atoms with van der Waals surface area (Å²) in [6, 6.07) is 17.2. The van der Waals surface area contributed by atoms with Gasteiger partial charge in [0.05, 0.1) is 24.1 Å². The van der Waals surface area contributed by atoms with Gasteiger partial charge in [0.2, 0.25) is 5.91 Å². The highest BCUT2D eigenvalue weighted by Gasteiger charge is 2.35. The van der Waals surface area contributed by atoms with Crippen LogP contribution in [0, 0.1) is 5.92 Å². The van der Waals surface area contributed by atoms with E-state index in [0.717, 1.165) is 22.0 Å². The quantitative estimate of drug-likeness (QED) is 0.701. The summed E-state index contributed by atoms with van der Waals surface area (Å²) in [4.78, 5) is 17.2. The number of hydrogen-bond acceptors (Lipinski definition) is 3. The lowest BCUT2D eigenvalue weighted by molar-refractivity contribution is -0.122. The molecule has 1 heterocycles. The van der Waals surface area contributed by atoms with Crippen LogP contribution in [0.3, 0.4) is 0 Å². The van der Waals surface area contributed by atoms with E-state index in [-0.39, 0.29) is 30.4 Å². The smallest absolute Gasteiger partial charge is 0.224 e. The van der Waals surface area contributed by atoms with Gasteiger partial charge in [0.15, 0.2) is 0 Å². The van der Waals surface area contributed by atoms with E-state index in [1.807, 2.05) is 42.6 Å². The molecular weight excluding hydrogens is 360 g/mol. The zero-order valence-corrected chi connectivity index (χ0v) is 15.6. The molecule has 0 radical (unpaired) electrons. The Kier molecular flexibility index (Phi) is 5.10. The molecule has 0 unspecified atom stereocenters. The summed E-state index contributed by atoms with van der Waals surface area (Å²) in [5, 5.41) is 14.6. The number of carbonyl (C=O) groups excluding carboxylic acids is 1. The van der Waals surface area contributed by atoms with Crippen molar-refractivity contribution in [2.45, 2.75) is 31.4 Å². The van der Waals surface area contributed by atoms with E-state index in [0.29, 0.717) is 17.9 Å². The number of nitrogens with zero attached hydrogens (tertiary/aromatic N) is 1. The maximum atomic E-state index is 12.7. The van der Waals surface area contributed by atoms with Crippen molar-refractivity contribution in [3.63, 3.8) is 0 Å². The van der Waals surface area contributed by atoms with E-state index in [1.54, 1.807) is 12.1 Å². The highest BCUT2D eigenvalue weighted by atomic mass is 35.5. The van der Waals surface area contributed by atoms with Crippen molar-refractivity contribution in [3.8, 4) is 0 Å². The molecule has 1 amide bonds. The van der Waals surface area contributed by atoms with Gasteiger partial charge < -0.3 is 10.4 Å². The highest BCUT2D eigenvalue weighted by molar-refractivity contribution is 6.30. The lowest BCUT2D eigenvalue weighted by atomic mass is 9.75. The van der Waals surface area contributed by atoms with E-state index in [9.17, 15) is 9.90 Å². The van der Waals surface area contributed by atoms with Crippen molar-refractivity contribution in [3.05, 3.63) is 76.9 Å². The third-order valence-corrected chi connectivity index (χ3v) is 5.40. The number of nitrogens with one attached hydrogen (secondary N) is 1. The first kappa shape index (κ1) is 18.0. The number of pyridine rings is 1. The monoisotopic (exact) mass is 380 g/mol. The molecule has 1 saturated carbocycles. The number of aromatic nitrogens is 1. The average molecular weight is 381 g/mol. The van der Waals surface area contributed by atoms with Crippen LogP contribution >= 0.6 is 11.6 Å². The van der Waals surface area contributed by atoms with Gasteiger partial charge in [0, 0.05) is 16.6 Å². The zero-order valence-electron chi connectivity index (χ0n) is 14.8. The summed E-state index contributed by atoms with van der Waals surface area (Å²) in [6.07, 6.45) is 3.20. The van der Waals surface area contributed by atoms with Gasteiger partial charge in [-0.1, -0.05) is 41.9 Å². The van der Waals surface area contributed by atoms with Crippen molar-refractivity contribution in [2.75, 3.05) is 0 Å². The number of halogens is 1. The van der Waals surface area contributed by atoms with Crippen LogP contribution in [0.15, 0.2) is 60.8 Å². The lowest BCUT2D eigenvalue weighted by Gasteiger charge is -2.38. The van der Waals surface area contributed by atoms with Crippen LogP contribution in [0.1, 0.15) is 30.0 Å². The van der Waals surface area contributed by atoms with Gasteiger partial charge in [-0.15, -0.1) is 0 Å². The standard InChI is InChI=1S/C22H21ClN2O2/c23-18-6-3-4-14(8-18)9-21(27)25-22(16-11-19(26)12-16)17-10-15-5-1-2-7-20(15)24-13-17/h1-8,10,13,16,19,22,26H,9,11-12H2,(H,25,27)/t16?,19?,22-/m1/s1. The minimum atomic E-state index is -0.282. The van der Waals surface area contributed by atoms with Crippen molar-refractivity contribution in [1.82, 2.24) is 10.3 Å². The molecule has 1 aliphatic carbocycles. The first-order valence-corrected chi connectivity index (χ1v) is 9.53. The normalized spacial score (nSPS) is 20.1. The number of rotatable bonds is 5. The SMILES string of the molecule is O=C(Cc1cccc(Cl)c1)N[C@@H](c1cnc2ccccc2c1)C1CC(O)C1. The molecule has 2 N–H and O–H groups in total. The Morgan fingerprint density at radius 1 is 1.19 bits per heavy atom. The Bertz CT molecular complexity index is 969. The molecule has 1 aliphatic rings. The maximum absolute atomic E-state index is 12.7. The molecule has 5 heteroatoms. The molecule has 1 atom stereocenters. The fraction of sp³-hybridized carbons (Fsp3) is 0.273. The number of hydrogen-bond donors (Lipinski definition) is 2. The summed E-state index contributed by atoms with van der Waals surface area (Å²) >= 11 is 6.02. The first-order chi connectivity index (χ1) is 13.1. The molecule has 0 spiro atoms. The molecule has 1 aromatic heterocycles. The van der Waals surface area contributed by atoms with Crippen molar-refractivity contribution in [1.29, 1.82) is 0 Å². The molecule has 2 aromatic carbocycles. The summed E-state index contributed by atoms with van der Waals surface area (Å²) in [7, 11) is 0. The van der Waals surface area contributed by atoms with E-state index >= 15 is 0 Å². The second-order valence-electron chi connectivity index (χ2n) is 7.20. The fourth-order valence-corrected chi connectivity index (χ4v) is 3.90. The van der Waals surface area contributed by atoms with Gasteiger partial charge in [-0.05, 0) is 54.2 Å². The summed E-state index contributed by atoms with van der Waals surface area (Å²) < 4.78 is 0. The van der Waals surface area contributed by atoms with E-state index in [2.05, 4.69) is 16.4 Å². The molecule has 4 nitrogen and oxygen atoms in total. The predicted octanol–water partition coefficient (Wildman–Crippen LogP) is 4.06. The number of fused-ring (bicyclic) bond motifs is 1. The van der Waals surface area contributed by atoms with Crippen LogP contribution < -0.4 is 5.32 Å². The minimum Gasteiger partial charge on any atom is -0.393 e. The Hall–Kier alpha value is -2.43. The molecule has 27 heavy (non-hydrogen) atoms. The molecule has 0 saturated heterocycles. The molecule has 4 rings (SSSR count). The van der Waals surface area contributed by atoms with Gasteiger partial charge in [-0.2, -0.15) is 0 Å². The van der Waals surface area contributed by atoms with E-state index < -0.39 is 0 Å². The first-order valence-electron chi connectivity index (χ1n) is 9.15. The van der Waals surface area contributed by atoms with Crippen molar-refractivity contribution >= 4 is 28.4 Å². The largest absolute Gasteiger partial charge is 0.393 e. The lowest BCUT2D eigenvalue weighted by Crippen LogP contribution is -2.41. The van der Waals surface area contributed by atoms with Crippen LogP contribution in [0.5, 0.6) is 0 Å². The second kappa shape index (κ2) is 7.67. The topological polar surface area (TPSA) is 62.2 Å². The Labute approximate surface area is 163 Å². The minimum absolute atomic E-state index is 0.0585. The fourth-order valence-electron chi connectivity index (χ4n) is 3.69. The Morgan fingerprint density at radius 3 is 2.78 bits per heavy atom. The number of aliphatic hydroxyl groups is 1. The zero-order chi connectivity index (χ0) is 18.8. The number of aliphatic hydroxyl groups excluding tert-OH is 1. The number of carbonyl (C=O) groups is 1. The van der Waals surface area contributed by atoms with Gasteiger partial charge in [0.1, 0.15) is 0 Å². The van der Waals surface area contributed by atoms with Crippen LogP contribution in [0.4, 0.5) is 0 Å². The predicted molar refractivity (Wildman–Crippen MR) is 107 cm³/mol. The van der Waals surface area contributed by atoms with Gasteiger partial charge in [-0.25, -0.2) is 0 Å². The summed E-state index contributed by atoms with van der Waals surface area (Å²) in [5.74, 6) is 0.156. The molecule has 0 bridgehead atoms. The van der Waals surface area contributed by atoms with E-state index in [1.165, 1.54) is 0 Å². The van der Waals surface area contributed by atoms with Crippen molar-refractivity contribution < 1.29 is 9.90 Å². The number of para-hydroxylation sites is 1. The van der Waals surface area contributed by atoms with Crippen LogP contribution in [0.2, 0.25) is 5.02 Å². The third-order valence-electron chi connectivity index (χ3n) is 5.16. The Balaban J connectivity index is 1.56. The summed E-state index contributed by atoms with van der Waals surface area (Å²) in [6.45, 7) is 0. The van der Waals surface area contributed by atoms with Gasteiger partial charge in [-0.3, -0.25) is 9.78 Å². The summed E-state index contributed by atoms with van der Waals surface area (Å²) in [5.41, 5.74) is 2.79. The van der Waals surface area contributed by atoms with Crippen LogP contribution in [0.25, 0.3) is 10.9 Å². The van der Waals surface area contributed by atoms with Crippen LogP contribution in [-0.4, -0.2) is 22.1 Å². The van der Waals surface area contributed by atoms with Crippen molar-refractivity contribution in [2.24, 2.45) is 5.92 Å². The van der Waals surface area contributed by atoms with Gasteiger partial charge in [0.25, 0.3) is 0 Å². The molecule has 0 aliphatic heterocycles. The maximum Gasteiger partial charge on any atom is 0.224 e. The van der Waals surface area contributed by atoms with E-state index in [4.69, 9.17) is 11.6 Å². The molecular formula is C22H21ClN2O2. The Morgan fingerprint density at radius 2 is 2.00 bits per heavy atom. The second-order valence-corrected chi connectivity index (χ2v) is 7.63. The third kappa shape index (κ3) is 4.12. The number of amides is 1.